The van der Waals surface area contributed by atoms with E-state index in [0.717, 1.165) is 0 Å². The first-order chi connectivity index (χ1) is 9.29. The van der Waals surface area contributed by atoms with Crippen molar-refractivity contribution in [3.8, 4) is 0 Å². The monoisotopic (exact) mass is 295 g/mol. The van der Waals surface area contributed by atoms with Crippen molar-refractivity contribution in [2.45, 2.75) is 37.9 Å². The van der Waals surface area contributed by atoms with Crippen LogP contribution in [0, 0.1) is 11.6 Å². The van der Waals surface area contributed by atoms with Crippen LogP contribution < -0.4 is 10.6 Å². The van der Waals surface area contributed by atoms with Crippen LogP contribution in [0.5, 0.6) is 0 Å². The van der Waals surface area contributed by atoms with Gasteiger partial charge in [0.05, 0.1) is 0 Å². The van der Waals surface area contributed by atoms with Crippen LogP contribution in [0.4, 0.5) is 33.6 Å². The Hall–Kier alpha value is -1.60. The molecule has 1 aromatic heterocycles. The van der Waals surface area contributed by atoms with Crippen LogP contribution in [-0.4, -0.2) is 23.2 Å². The molecule has 1 saturated carbocycles. The van der Waals surface area contributed by atoms with Gasteiger partial charge in [0.15, 0.2) is 23.3 Å². The first-order valence-corrected chi connectivity index (χ1v) is 6.24. The molecule has 0 aliphatic heterocycles. The minimum Gasteiger partial charge on any atom is -0.368 e. The fourth-order valence-electron chi connectivity index (χ4n) is 1.75. The normalized spacial score (nSPS) is 16.9. The number of pyridine rings is 1. The van der Waals surface area contributed by atoms with E-state index < -0.39 is 29.2 Å². The van der Waals surface area contributed by atoms with Gasteiger partial charge in [-0.3, -0.25) is 0 Å². The van der Waals surface area contributed by atoms with Crippen LogP contribution in [0.1, 0.15) is 26.2 Å². The maximum Gasteiger partial charge on any atom is 0.411 e. The summed E-state index contributed by atoms with van der Waals surface area (Å²) < 4.78 is 65.3. The van der Waals surface area contributed by atoms with Crippen LogP contribution in [0.25, 0.3) is 0 Å². The fourth-order valence-corrected chi connectivity index (χ4v) is 1.75. The highest BCUT2D eigenvalue weighted by Crippen LogP contribution is 2.51. The van der Waals surface area contributed by atoms with E-state index in [1.807, 2.05) is 6.92 Å². The second kappa shape index (κ2) is 5.06. The van der Waals surface area contributed by atoms with Gasteiger partial charge >= 0.3 is 6.18 Å². The number of nitrogens with one attached hydrogen (secondary N) is 2. The molecule has 1 aliphatic rings. The molecule has 1 heterocycles. The molecule has 2 rings (SSSR count). The molecule has 0 unspecified atom stereocenters. The Balaban J connectivity index is 2.24. The molecule has 8 heteroatoms. The largest absolute Gasteiger partial charge is 0.411 e. The van der Waals surface area contributed by atoms with Gasteiger partial charge in [-0.05, 0) is 19.3 Å². The molecule has 1 aliphatic carbocycles. The van der Waals surface area contributed by atoms with Crippen LogP contribution in [-0.2, 0) is 0 Å². The standard InChI is InChI=1S/C12H14F5N3/c1-2-5-18-9-7(13)6-8(14)10(19-9)20-11(3-4-11)12(15,16)17/h6H,2-5H2,1H3,(H2,18,19,20). The van der Waals surface area contributed by atoms with E-state index in [1.165, 1.54) is 0 Å². The fraction of sp³-hybridized carbons (Fsp3) is 0.583. The Labute approximate surface area is 112 Å². The van der Waals surface area contributed by atoms with Gasteiger partial charge in [-0.15, -0.1) is 0 Å². The van der Waals surface area contributed by atoms with Crippen molar-refractivity contribution in [1.82, 2.24) is 4.98 Å². The first kappa shape index (κ1) is 14.8. The number of anilines is 2. The lowest BCUT2D eigenvalue weighted by atomic mass is 10.2. The summed E-state index contributed by atoms with van der Waals surface area (Å²) in [5.74, 6) is -2.91. The van der Waals surface area contributed by atoms with Crippen LogP contribution in [0.3, 0.4) is 0 Å². The molecule has 2 N–H and O–H groups in total. The topological polar surface area (TPSA) is 37.0 Å². The second-order valence-electron chi connectivity index (χ2n) is 4.78. The molecule has 0 spiro atoms. The van der Waals surface area contributed by atoms with Crippen molar-refractivity contribution < 1.29 is 22.0 Å². The smallest absolute Gasteiger partial charge is 0.368 e. The Morgan fingerprint density at radius 3 is 2.30 bits per heavy atom. The molecule has 0 bridgehead atoms. The zero-order valence-electron chi connectivity index (χ0n) is 10.7. The average molecular weight is 295 g/mol. The molecule has 0 amide bonds. The van der Waals surface area contributed by atoms with Crippen molar-refractivity contribution in [3.05, 3.63) is 17.7 Å². The maximum absolute atomic E-state index is 13.5. The lowest BCUT2D eigenvalue weighted by Crippen LogP contribution is -2.39. The van der Waals surface area contributed by atoms with Gasteiger partial charge in [-0.2, -0.15) is 13.2 Å². The summed E-state index contributed by atoms with van der Waals surface area (Å²) in [6.07, 6.45) is -4.11. The zero-order valence-corrected chi connectivity index (χ0v) is 10.7. The zero-order chi connectivity index (χ0) is 15.0. The third-order valence-electron chi connectivity index (χ3n) is 3.12. The van der Waals surface area contributed by atoms with Gasteiger partial charge in [0.25, 0.3) is 0 Å². The molecule has 20 heavy (non-hydrogen) atoms. The molecule has 1 fully saturated rings. The summed E-state index contributed by atoms with van der Waals surface area (Å²) in [4.78, 5) is 3.58. The number of hydrogen-bond donors (Lipinski definition) is 2. The van der Waals surface area contributed by atoms with Crippen LogP contribution in [0.15, 0.2) is 6.07 Å². The number of nitrogens with zero attached hydrogens (tertiary/aromatic N) is 1. The summed E-state index contributed by atoms with van der Waals surface area (Å²) in [5.41, 5.74) is -2.14. The van der Waals surface area contributed by atoms with E-state index in [1.54, 1.807) is 0 Å². The predicted molar refractivity (Wildman–Crippen MR) is 64.6 cm³/mol. The maximum atomic E-state index is 13.5. The number of aromatic nitrogens is 1. The lowest BCUT2D eigenvalue weighted by Gasteiger charge is -2.22. The highest BCUT2D eigenvalue weighted by Gasteiger charge is 2.64. The predicted octanol–water partition coefficient (Wildman–Crippen LogP) is 3.69. The van der Waals surface area contributed by atoms with Gasteiger partial charge in [0.1, 0.15) is 5.54 Å². The van der Waals surface area contributed by atoms with Crippen molar-refractivity contribution in [2.24, 2.45) is 0 Å². The minimum atomic E-state index is -4.49. The summed E-state index contributed by atoms with van der Waals surface area (Å²) in [6, 6.07) is 0.528. The van der Waals surface area contributed by atoms with Crippen molar-refractivity contribution in [1.29, 1.82) is 0 Å². The van der Waals surface area contributed by atoms with E-state index in [9.17, 15) is 22.0 Å². The average Bonchev–Trinajstić information content (AvgIpc) is 3.11. The highest BCUT2D eigenvalue weighted by atomic mass is 19.4. The van der Waals surface area contributed by atoms with Crippen molar-refractivity contribution >= 4 is 11.6 Å². The molecule has 1 aromatic rings. The summed E-state index contributed by atoms with van der Waals surface area (Å²) in [5, 5.41) is 4.66. The van der Waals surface area contributed by atoms with Crippen LogP contribution in [0.2, 0.25) is 0 Å². The summed E-state index contributed by atoms with van der Waals surface area (Å²) >= 11 is 0. The number of hydrogen-bond acceptors (Lipinski definition) is 3. The van der Waals surface area contributed by atoms with E-state index in [-0.39, 0.29) is 18.7 Å². The van der Waals surface area contributed by atoms with E-state index in [0.29, 0.717) is 19.0 Å². The summed E-state index contributed by atoms with van der Waals surface area (Å²) in [7, 11) is 0. The van der Waals surface area contributed by atoms with Crippen LogP contribution >= 0.6 is 0 Å². The molecule has 0 aromatic carbocycles. The SMILES string of the molecule is CCCNc1nc(NC2(C(F)(F)F)CC2)c(F)cc1F. The Morgan fingerprint density at radius 1 is 1.20 bits per heavy atom. The molecule has 3 nitrogen and oxygen atoms in total. The number of rotatable bonds is 5. The van der Waals surface area contributed by atoms with Gasteiger partial charge < -0.3 is 10.6 Å². The molecular formula is C12H14F5N3. The number of alkyl halides is 3. The van der Waals surface area contributed by atoms with E-state index in [4.69, 9.17) is 0 Å². The van der Waals surface area contributed by atoms with Crippen molar-refractivity contribution in [3.63, 3.8) is 0 Å². The minimum absolute atomic E-state index is 0.146. The first-order valence-electron chi connectivity index (χ1n) is 6.24. The third-order valence-corrected chi connectivity index (χ3v) is 3.12. The Bertz CT molecular complexity index is 497. The molecular weight excluding hydrogens is 281 g/mol. The molecule has 112 valence electrons. The van der Waals surface area contributed by atoms with Gasteiger partial charge in [-0.25, -0.2) is 13.8 Å². The molecule has 0 atom stereocenters. The molecule has 0 radical (unpaired) electrons. The van der Waals surface area contributed by atoms with Gasteiger partial charge in [0.2, 0.25) is 0 Å². The summed E-state index contributed by atoms with van der Waals surface area (Å²) in [6.45, 7) is 2.22. The third kappa shape index (κ3) is 2.78. The van der Waals surface area contributed by atoms with Gasteiger partial charge in [0, 0.05) is 12.6 Å². The van der Waals surface area contributed by atoms with Crippen molar-refractivity contribution in [2.75, 3.05) is 17.2 Å². The Morgan fingerprint density at radius 2 is 1.80 bits per heavy atom. The lowest BCUT2D eigenvalue weighted by molar-refractivity contribution is -0.151. The Kier molecular flexibility index (Phi) is 3.75. The quantitative estimate of drug-likeness (QED) is 0.813. The van der Waals surface area contributed by atoms with E-state index >= 15 is 0 Å². The van der Waals surface area contributed by atoms with E-state index in [2.05, 4.69) is 15.6 Å². The second-order valence-corrected chi connectivity index (χ2v) is 4.78. The highest BCUT2D eigenvalue weighted by molar-refractivity contribution is 5.50. The number of halogens is 5. The molecule has 0 saturated heterocycles. The van der Waals surface area contributed by atoms with Gasteiger partial charge in [-0.1, -0.05) is 6.92 Å².